The summed E-state index contributed by atoms with van der Waals surface area (Å²) in [5, 5.41) is 3.40. The molecule has 0 fully saturated rings. The Labute approximate surface area is 222 Å². The van der Waals surface area contributed by atoms with Gasteiger partial charge in [0, 0.05) is 37.4 Å². The van der Waals surface area contributed by atoms with Crippen LogP contribution >= 0.6 is 11.6 Å². The number of amides is 1. The van der Waals surface area contributed by atoms with E-state index in [1.807, 2.05) is 62.4 Å². The van der Waals surface area contributed by atoms with E-state index in [4.69, 9.17) is 11.6 Å². The number of aromatic nitrogens is 3. The van der Waals surface area contributed by atoms with Gasteiger partial charge in [0.2, 0.25) is 17.2 Å². The molecule has 0 spiro atoms. The second-order valence-electron chi connectivity index (χ2n) is 9.11. The predicted octanol–water partition coefficient (Wildman–Crippen LogP) is 5.67. The molecule has 0 radical (unpaired) electrons. The molecule has 8 heteroatoms. The molecule has 0 unspecified atom stereocenters. The molecular formula is C29H29ClN6O. The number of carbonyl (C=O) groups excluding carboxylic acids is 1. The topological polar surface area (TPSA) is 74.2 Å². The number of rotatable bonds is 7. The Hall–Kier alpha value is -3.97. The first-order valence-electron chi connectivity index (χ1n) is 12.4. The zero-order chi connectivity index (χ0) is 25.8. The first-order valence-corrected chi connectivity index (χ1v) is 12.8. The first kappa shape index (κ1) is 24.7. The lowest BCUT2D eigenvalue weighted by molar-refractivity contribution is 0.0988. The Bertz CT molecular complexity index is 1410. The van der Waals surface area contributed by atoms with Crippen LogP contribution < -0.4 is 15.1 Å². The molecule has 1 aromatic heterocycles. The monoisotopic (exact) mass is 512 g/mol. The smallest absolute Gasteiger partial charge is 0.258 e. The summed E-state index contributed by atoms with van der Waals surface area (Å²) >= 11 is 6.24. The van der Waals surface area contributed by atoms with Crippen molar-refractivity contribution in [3.63, 3.8) is 0 Å². The SMILES string of the molecule is CCN(C(=O)c1ccc(CNc2nc(Cl)nc(N3CCc4ccccc4C3)n2)cc1)c1cccc(C)c1. The van der Waals surface area contributed by atoms with Gasteiger partial charge >= 0.3 is 0 Å². The van der Waals surface area contributed by atoms with E-state index in [-0.39, 0.29) is 11.2 Å². The molecule has 1 amide bonds. The van der Waals surface area contributed by atoms with Crippen LogP contribution in [0.5, 0.6) is 0 Å². The lowest BCUT2D eigenvalue weighted by Gasteiger charge is -2.28. The Morgan fingerprint density at radius 1 is 1.00 bits per heavy atom. The minimum absolute atomic E-state index is 0.0235. The molecule has 37 heavy (non-hydrogen) atoms. The zero-order valence-corrected chi connectivity index (χ0v) is 21.7. The van der Waals surface area contributed by atoms with E-state index < -0.39 is 0 Å². The minimum Gasteiger partial charge on any atom is -0.350 e. The fraction of sp³-hybridized carbons (Fsp3) is 0.241. The van der Waals surface area contributed by atoms with Crippen LogP contribution in [-0.2, 0) is 19.5 Å². The van der Waals surface area contributed by atoms with Gasteiger partial charge in [0.15, 0.2) is 0 Å². The molecule has 1 aliphatic heterocycles. The molecule has 2 heterocycles. The fourth-order valence-corrected chi connectivity index (χ4v) is 4.72. The highest BCUT2D eigenvalue weighted by atomic mass is 35.5. The summed E-state index contributed by atoms with van der Waals surface area (Å²) in [7, 11) is 0. The summed E-state index contributed by atoms with van der Waals surface area (Å²) in [6, 6.07) is 24.0. The van der Waals surface area contributed by atoms with Crippen LogP contribution in [0.3, 0.4) is 0 Å². The summed E-state index contributed by atoms with van der Waals surface area (Å²) in [6.07, 6.45) is 0.937. The molecule has 3 aromatic carbocycles. The molecule has 7 nitrogen and oxygen atoms in total. The second kappa shape index (κ2) is 11.0. The summed E-state index contributed by atoms with van der Waals surface area (Å²) in [4.78, 5) is 30.3. The number of benzene rings is 3. The van der Waals surface area contributed by atoms with Crippen molar-refractivity contribution in [2.75, 3.05) is 28.2 Å². The van der Waals surface area contributed by atoms with Crippen LogP contribution in [0.2, 0.25) is 5.28 Å². The minimum atomic E-state index is -0.0235. The molecule has 1 aliphatic rings. The second-order valence-corrected chi connectivity index (χ2v) is 9.45. The highest BCUT2D eigenvalue weighted by molar-refractivity contribution is 6.28. The molecule has 0 saturated carbocycles. The van der Waals surface area contributed by atoms with Gasteiger partial charge in [-0.05, 0) is 78.4 Å². The Morgan fingerprint density at radius 2 is 1.78 bits per heavy atom. The summed E-state index contributed by atoms with van der Waals surface area (Å²) in [5.74, 6) is 0.962. The van der Waals surface area contributed by atoms with E-state index >= 15 is 0 Å². The Morgan fingerprint density at radius 3 is 2.54 bits per heavy atom. The van der Waals surface area contributed by atoms with E-state index in [0.29, 0.717) is 30.5 Å². The van der Waals surface area contributed by atoms with Gasteiger partial charge in [-0.15, -0.1) is 0 Å². The van der Waals surface area contributed by atoms with Gasteiger partial charge in [0.05, 0.1) is 0 Å². The van der Waals surface area contributed by atoms with Crippen molar-refractivity contribution in [3.8, 4) is 0 Å². The molecule has 0 aliphatic carbocycles. The third-order valence-corrected chi connectivity index (χ3v) is 6.71. The number of nitrogens with one attached hydrogen (secondary N) is 1. The average molecular weight is 513 g/mol. The normalized spacial score (nSPS) is 12.7. The van der Waals surface area contributed by atoms with E-state index in [1.165, 1.54) is 11.1 Å². The molecule has 0 atom stereocenters. The van der Waals surface area contributed by atoms with Crippen LogP contribution in [0.15, 0.2) is 72.8 Å². The van der Waals surface area contributed by atoms with E-state index in [1.54, 1.807) is 4.90 Å². The van der Waals surface area contributed by atoms with Gasteiger partial charge in [-0.3, -0.25) is 4.79 Å². The van der Waals surface area contributed by atoms with Crippen LogP contribution in [0.25, 0.3) is 0 Å². The fourth-order valence-electron chi connectivity index (χ4n) is 4.57. The molecular weight excluding hydrogens is 484 g/mol. The zero-order valence-electron chi connectivity index (χ0n) is 21.0. The number of aryl methyl sites for hydroxylation is 1. The molecule has 188 valence electrons. The maximum atomic E-state index is 13.1. The quantitative estimate of drug-likeness (QED) is 0.343. The summed E-state index contributed by atoms with van der Waals surface area (Å²) < 4.78 is 0. The number of hydrogen-bond donors (Lipinski definition) is 1. The number of fused-ring (bicyclic) bond motifs is 1. The highest BCUT2D eigenvalue weighted by Crippen LogP contribution is 2.24. The number of nitrogens with zero attached hydrogens (tertiary/aromatic N) is 5. The van der Waals surface area contributed by atoms with E-state index in [2.05, 4.69) is 49.4 Å². The van der Waals surface area contributed by atoms with Gasteiger partial charge in [0.1, 0.15) is 0 Å². The Balaban J connectivity index is 1.25. The van der Waals surface area contributed by atoms with Crippen molar-refractivity contribution in [2.24, 2.45) is 0 Å². The van der Waals surface area contributed by atoms with Crippen LogP contribution in [0, 0.1) is 6.92 Å². The molecule has 4 aromatic rings. The van der Waals surface area contributed by atoms with Gasteiger partial charge in [-0.25, -0.2) is 0 Å². The Kier molecular flexibility index (Phi) is 7.32. The summed E-state index contributed by atoms with van der Waals surface area (Å²) in [6.45, 7) is 6.66. The van der Waals surface area contributed by atoms with Crippen molar-refractivity contribution < 1.29 is 4.79 Å². The number of hydrogen-bond acceptors (Lipinski definition) is 6. The lowest BCUT2D eigenvalue weighted by atomic mass is 10.0. The molecule has 0 saturated heterocycles. The third-order valence-electron chi connectivity index (χ3n) is 6.54. The highest BCUT2D eigenvalue weighted by Gasteiger charge is 2.20. The standard InChI is InChI=1S/C29H29ClN6O/c1-3-36(25-10-6-7-20(2)17-25)26(37)23-13-11-21(12-14-23)18-31-28-32-27(30)33-29(34-28)35-16-15-22-8-4-5-9-24(22)19-35/h4-14,17H,3,15-16,18-19H2,1-2H3,(H,31,32,33,34). The number of carbonyl (C=O) groups is 1. The van der Waals surface area contributed by atoms with Crippen LogP contribution in [0.4, 0.5) is 17.6 Å². The van der Waals surface area contributed by atoms with Crippen molar-refractivity contribution in [3.05, 3.63) is 106 Å². The van der Waals surface area contributed by atoms with Crippen molar-refractivity contribution in [1.29, 1.82) is 0 Å². The van der Waals surface area contributed by atoms with E-state index in [0.717, 1.165) is 36.3 Å². The van der Waals surface area contributed by atoms with E-state index in [9.17, 15) is 4.79 Å². The average Bonchev–Trinajstić information content (AvgIpc) is 2.92. The van der Waals surface area contributed by atoms with Crippen molar-refractivity contribution >= 4 is 35.1 Å². The molecule has 0 bridgehead atoms. The maximum absolute atomic E-state index is 13.1. The lowest BCUT2D eigenvalue weighted by Crippen LogP contribution is -2.32. The maximum Gasteiger partial charge on any atom is 0.258 e. The van der Waals surface area contributed by atoms with Crippen molar-refractivity contribution in [2.45, 2.75) is 33.4 Å². The first-order chi connectivity index (χ1) is 18.0. The van der Waals surface area contributed by atoms with Crippen molar-refractivity contribution in [1.82, 2.24) is 15.0 Å². The van der Waals surface area contributed by atoms with Crippen LogP contribution in [-0.4, -0.2) is 33.9 Å². The van der Waals surface area contributed by atoms with Gasteiger partial charge in [-0.1, -0.05) is 48.5 Å². The molecule has 1 N–H and O–H groups in total. The number of halogens is 1. The van der Waals surface area contributed by atoms with Gasteiger partial charge < -0.3 is 15.1 Å². The predicted molar refractivity (Wildman–Crippen MR) is 148 cm³/mol. The largest absolute Gasteiger partial charge is 0.350 e. The third kappa shape index (κ3) is 5.73. The van der Waals surface area contributed by atoms with Crippen LogP contribution in [0.1, 0.15) is 39.5 Å². The van der Waals surface area contributed by atoms with Gasteiger partial charge in [-0.2, -0.15) is 15.0 Å². The molecule has 5 rings (SSSR count). The van der Waals surface area contributed by atoms with Gasteiger partial charge in [0.25, 0.3) is 5.91 Å². The summed E-state index contributed by atoms with van der Waals surface area (Å²) in [5.41, 5.74) is 6.30. The number of anilines is 3.